The molecule has 6 rings (SSSR count). The summed E-state index contributed by atoms with van der Waals surface area (Å²) < 4.78 is 12.3. The molecule has 1 aromatic rings. The van der Waals surface area contributed by atoms with Gasteiger partial charge in [0, 0.05) is 48.1 Å². The van der Waals surface area contributed by atoms with Gasteiger partial charge >= 0.3 is 0 Å². The summed E-state index contributed by atoms with van der Waals surface area (Å²) in [5.41, 5.74) is 2.36. The zero-order valence-electron chi connectivity index (χ0n) is 18.7. The van der Waals surface area contributed by atoms with Crippen LogP contribution < -0.4 is 14.8 Å². The Balaban J connectivity index is 1.29. The number of hydrogen-bond donors (Lipinski definition) is 1. The molecule has 1 saturated heterocycles. The van der Waals surface area contributed by atoms with Crippen LogP contribution in [0.25, 0.3) is 0 Å². The van der Waals surface area contributed by atoms with E-state index in [-0.39, 0.29) is 48.2 Å². The van der Waals surface area contributed by atoms with Crippen LogP contribution >= 0.6 is 0 Å². The van der Waals surface area contributed by atoms with Gasteiger partial charge in [-0.2, -0.15) is 0 Å². The Labute approximate surface area is 192 Å². The van der Waals surface area contributed by atoms with Crippen molar-refractivity contribution in [1.82, 2.24) is 15.1 Å². The van der Waals surface area contributed by atoms with E-state index in [2.05, 4.69) is 35.5 Å². The molecular formula is C25H27N3O5. The summed E-state index contributed by atoms with van der Waals surface area (Å²) >= 11 is 0. The van der Waals surface area contributed by atoms with E-state index in [1.165, 1.54) is 23.3 Å². The first-order chi connectivity index (χ1) is 15.9. The van der Waals surface area contributed by atoms with Crippen molar-refractivity contribution in [3.63, 3.8) is 0 Å². The van der Waals surface area contributed by atoms with Crippen molar-refractivity contribution in [2.24, 2.45) is 5.92 Å². The molecule has 0 saturated carbocycles. The van der Waals surface area contributed by atoms with Crippen molar-refractivity contribution >= 4 is 17.7 Å². The number of hydrogen-bond acceptors (Lipinski definition) is 6. The zero-order chi connectivity index (χ0) is 22.9. The summed E-state index contributed by atoms with van der Waals surface area (Å²) in [6.07, 6.45) is 8.54. The van der Waals surface area contributed by atoms with Crippen molar-refractivity contribution in [3.8, 4) is 11.5 Å². The molecule has 5 atom stereocenters. The van der Waals surface area contributed by atoms with Gasteiger partial charge in [-0.15, -0.1) is 0 Å². The fourth-order valence-electron chi connectivity index (χ4n) is 6.66. The number of ether oxygens (including phenoxy) is 2. The molecule has 172 valence electrons. The number of amides is 3. The topological polar surface area (TPSA) is 88.2 Å². The van der Waals surface area contributed by atoms with Crippen molar-refractivity contribution in [2.45, 2.75) is 42.9 Å². The minimum atomic E-state index is -0.374. The number of nitrogens with one attached hydrogen (secondary N) is 1. The summed E-state index contributed by atoms with van der Waals surface area (Å²) in [5.74, 6) is 0.898. The van der Waals surface area contributed by atoms with Gasteiger partial charge in [0.05, 0.1) is 13.2 Å². The van der Waals surface area contributed by atoms with E-state index in [1.807, 2.05) is 6.07 Å². The second-order valence-electron chi connectivity index (χ2n) is 9.63. The first kappa shape index (κ1) is 20.5. The van der Waals surface area contributed by atoms with Gasteiger partial charge in [-0.3, -0.25) is 19.3 Å². The maximum absolute atomic E-state index is 12.8. The molecule has 0 aromatic heterocycles. The molecule has 8 heteroatoms. The van der Waals surface area contributed by atoms with Gasteiger partial charge in [0.2, 0.25) is 5.91 Å². The van der Waals surface area contributed by atoms with Gasteiger partial charge in [0.15, 0.2) is 11.5 Å². The number of likely N-dealkylation sites (tertiary alicyclic amines) is 1. The maximum Gasteiger partial charge on any atom is 0.253 e. The molecule has 1 spiro atoms. The lowest BCUT2D eigenvalue weighted by Gasteiger charge is -2.57. The van der Waals surface area contributed by atoms with Crippen molar-refractivity contribution in [2.75, 3.05) is 27.2 Å². The lowest BCUT2D eigenvalue weighted by Crippen LogP contribution is -2.66. The number of carbonyl (C=O) groups is 3. The smallest absolute Gasteiger partial charge is 0.253 e. The molecule has 0 unspecified atom stereocenters. The molecule has 3 amide bonds. The van der Waals surface area contributed by atoms with Crippen LogP contribution in [0.4, 0.5) is 0 Å². The fourth-order valence-corrected chi connectivity index (χ4v) is 6.66. The third-order valence-corrected chi connectivity index (χ3v) is 8.17. The number of likely N-dealkylation sites (N-methyl/N-ethyl adjacent to an activating group) is 1. The predicted octanol–water partition coefficient (Wildman–Crippen LogP) is 0.940. The number of imide groups is 1. The third-order valence-electron chi connectivity index (χ3n) is 8.17. The SMILES string of the molecule is COc1ccc2c3c1O[C@H]1[C@H](NC(=O)CCN4C(=O)C=CC4=O)C=C[C@H]4[C@@H](C2)N(C)CC[C@@]341. The number of carbonyl (C=O) groups excluding carboxylic acids is 3. The van der Waals surface area contributed by atoms with Crippen LogP contribution in [0.5, 0.6) is 11.5 Å². The Kier molecular flexibility index (Phi) is 4.46. The molecule has 2 aliphatic carbocycles. The van der Waals surface area contributed by atoms with E-state index in [0.717, 1.165) is 35.8 Å². The Morgan fingerprint density at radius 3 is 2.79 bits per heavy atom. The molecule has 0 radical (unpaired) electrons. The highest BCUT2D eigenvalue weighted by atomic mass is 16.5. The van der Waals surface area contributed by atoms with Crippen LogP contribution in [0, 0.1) is 5.92 Å². The second-order valence-corrected chi connectivity index (χ2v) is 9.63. The molecule has 8 nitrogen and oxygen atoms in total. The first-order valence-corrected chi connectivity index (χ1v) is 11.5. The Bertz CT molecular complexity index is 1110. The Morgan fingerprint density at radius 1 is 1.24 bits per heavy atom. The summed E-state index contributed by atoms with van der Waals surface area (Å²) in [5, 5.41) is 3.11. The summed E-state index contributed by atoms with van der Waals surface area (Å²) in [6, 6.07) is 4.24. The van der Waals surface area contributed by atoms with Crippen LogP contribution in [-0.4, -0.2) is 73.0 Å². The van der Waals surface area contributed by atoms with Gasteiger partial charge < -0.3 is 19.7 Å². The molecule has 3 aliphatic heterocycles. The monoisotopic (exact) mass is 449 g/mol. The number of methoxy groups -OCH3 is 1. The van der Waals surface area contributed by atoms with Crippen molar-refractivity contribution in [1.29, 1.82) is 0 Å². The Morgan fingerprint density at radius 2 is 2.03 bits per heavy atom. The molecule has 33 heavy (non-hydrogen) atoms. The largest absolute Gasteiger partial charge is 0.493 e. The van der Waals surface area contributed by atoms with E-state index in [1.54, 1.807) is 7.11 Å². The van der Waals surface area contributed by atoms with Crippen molar-refractivity contribution < 1.29 is 23.9 Å². The molecule has 3 heterocycles. The minimum absolute atomic E-state index is 0.0551. The fraction of sp³-hybridized carbons (Fsp3) is 0.480. The van der Waals surface area contributed by atoms with Gasteiger partial charge in [-0.1, -0.05) is 18.2 Å². The first-order valence-electron chi connectivity index (χ1n) is 11.5. The summed E-state index contributed by atoms with van der Waals surface area (Å²) in [6.45, 7) is 1.04. The summed E-state index contributed by atoms with van der Waals surface area (Å²) in [7, 11) is 3.85. The van der Waals surface area contributed by atoms with E-state index in [4.69, 9.17) is 9.47 Å². The molecule has 1 N–H and O–H groups in total. The van der Waals surface area contributed by atoms with E-state index in [0.29, 0.717) is 12.0 Å². The number of rotatable bonds is 5. The standard InChI is InChI=1S/C25H27N3O5/c1-27-12-10-25-15-4-5-16(26-19(29)9-11-28-20(30)7-8-21(28)31)24(25)33-23-18(32-2)6-3-14(22(23)25)13-17(15)27/h3-8,15-17,24H,9-13H2,1-2H3,(H,26,29)/t15-,16+,17+,24-,25-/m0/s1. The van der Waals surface area contributed by atoms with Gasteiger partial charge in [-0.25, -0.2) is 0 Å². The predicted molar refractivity (Wildman–Crippen MR) is 119 cm³/mol. The third kappa shape index (κ3) is 2.76. The lowest BCUT2D eigenvalue weighted by molar-refractivity contribution is -0.137. The molecule has 1 fully saturated rings. The molecule has 2 bridgehead atoms. The van der Waals surface area contributed by atoms with E-state index < -0.39 is 0 Å². The van der Waals surface area contributed by atoms with E-state index in [9.17, 15) is 14.4 Å². The van der Waals surface area contributed by atoms with Crippen LogP contribution in [0.2, 0.25) is 0 Å². The Hall–Kier alpha value is -3.13. The minimum Gasteiger partial charge on any atom is -0.493 e. The molecule has 5 aliphatic rings. The van der Waals surface area contributed by atoms with Crippen molar-refractivity contribution in [3.05, 3.63) is 47.6 Å². The number of nitrogens with zero attached hydrogens (tertiary/aromatic N) is 2. The van der Waals surface area contributed by atoms with E-state index >= 15 is 0 Å². The van der Waals surface area contributed by atoms with Crippen LogP contribution in [-0.2, 0) is 26.2 Å². The zero-order valence-corrected chi connectivity index (χ0v) is 18.7. The maximum atomic E-state index is 12.8. The normalized spacial score (nSPS) is 33.2. The second kappa shape index (κ2) is 7.18. The van der Waals surface area contributed by atoms with Gasteiger partial charge in [0.1, 0.15) is 6.10 Å². The average molecular weight is 450 g/mol. The molecule has 1 aromatic carbocycles. The van der Waals surface area contributed by atoms with Crippen LogP contribution in [0.15, 0.2) is 36.4 Å². The lowest BCUT2D eigenvalue weighted by atomic mass is 9.53. The van der Waals surface area contributed by atoms with Gasteiger partial charge in [-0.05, 0) is 38.1 Å². The quantitative estimate of drug-likeness (QED) is 0.532. The highest BCUT2D eigenvalue weighted by Crippen LogP contribution is 2.62. The highest BCUT2D eigenvalue weighted by Gasteiger charge is 2.64. The summed E-state index contributed by atoms with van der Waals surface area (Å²) in [4.78, 5) is 39.9. The van der Waals surface area contributed by atoms with Crippen LogP contribution in [0.3, 0.4) is 0 Å². The number of piperidine rings is 1. The van der Waals surface area contributed by atoms with Crippen LogP contribution in [0.1, 0.15) is 24.0 Å². The highest BCUT2D eigenvalue weighted by molar-refractivity contribution is 6.13. The average Bonchev–Trinajstić information content (AvgIpc) is 3.32. The molecular weight excluding hydrogens is 422 g/mol. The van der Waals surface area contributed by atoms with Gasteiger partial charge in [0.25, 0.3) is 11.8 Å². The number of benzene rings is 1.